The van der Waals surface area contributed by atoms with Crippen LogP contribution in [0.1, 0.15) is 12.5 Å². The first-order valence-electron chi connectivity index (χ1n) is 11.3. The number of esters is 1. The van der Waals surface area contributed by atoms with E-state index in [0.717, 1.165) is 12.1 Å². The average Bonchev–Trinajstić information content (AvgIpc) is 3.19. The Kier molecular flexibility index (Phi) is 8.25. The van der Waals surface area contributed by atoms with Crippen LogP contribution in [0.5, 0.6) is 11.5 Å². The standard InChI is InChI=1S/C27H20BrF5O5/c1-2-35-26(34)22(11-16-5-3-4-6-19(16)36-14-27(31,32)33)37-20-12-18(30)13-21-23(20)24(28)25(38-21)15-7-9-17(29)10-8-15/h3-10,12-13,22H,2,11,14H2,1H3. The Balaban J connectivity index is 1.71. The summed E-state index contributed by atoms with van der Waals surface area (Å²) in [4.78, 5) is 12.8. The van der Waals surface area contributed by atoms with Crippen molar-refractivity contribution in [3.05, 3.63) is 82.3 Å². The van der Waals surface area contributed by atoms with Crippen LogP contribution in [0.25, 0.3) is 22.3 Å². The van der Waals surface area contributed by atoms with Crippen molar-refractivity contribution in [2.75, 3.05) is 13.2 Å². The van der Waals surface area contributed by atoms with E-state index in [1.54, 1.807) is 13.0 Å². The maximum atomic E-state index is 14.5. The number of carbonyl (C=O) groups is 1. The third-order valence-electron chi connectivity index (χ3n) is 5.36. The average molecular weight is 599 g/mol. The molecule has 0 radical (unpaired) electrons. The van der Waals surface area contributed by atoms with Gasteiger partial charge in [-0.2, -0.15) is 13.2 Å². The summed E-state index contributed by atoms with van der Waals surface area (Å²) in [6, 6.07) is 13.5. The molecule has 4 rings (SSSR count). The van der Waals surface area contributed by atoms with Gasteiger partial charge < -0.3 is 18.6 Å². The van der Waals surface area contributed by atoms with Crippen molar-refractivity contribution in [2.45, 2.75) is 25.6 Å². The number of furan rings is 1. The van der Waals surface area contributed by atoms with E-state index in [1.807, 2.05) is 0 Å². The minimum absolute atomic E-state index is 0.00753. The van der Waals surface area contributed by atoms with Gasteiger partial charge in [-0.15, -0.1) is 0 Å². The minimum atomic E-state index is -4.56. The zero-order valence-electron chi connectivity index (χ0n) is 19.8. The molecule has 38 heavy (non-hydrogen) atoms. The van der Waals surface area contributed by atoms with Crippen molar-refractivity contribution in [3.8, 4) is 22.8 Å². The molecule has 0 aliphatic heterocycles. The SMILES string of the molecule is CCOC(=O)C(Cc1ccccc1OCC(F)(F)F)Oc1cc(F)cc2oc(-c3ccc(F)cc3)c(Br)c12. The number of hydrogen-bond acceptors (Lipinski definition) is 5. The molecule has 0 amide bonds. The summed E-state index contributed by atoms with van der Waals surface area (Å²) in [7, 11) is 0. The van der Waals surface area contributed by atoms with E-state index >= 15 is 0 Å². The summed E-state index contributed by atoms with van der Waals surface area (Å²) < 4.78 is 88.3. The number of rotatable bonds is 9. The number of fused-ring (bicyclic) bond motifs is 1. The highest BCUT2D eigenvalue weighted by Crippen LogP contribution is 2.43. The van der Waals surface area contributed by atoms with Gasteiger partial charge in [0.25, 0.3) is 0 Å². The maximum absolute atomic E-state index is 14.5. The monoisotopic (exact) mass is 598 g/mol. The van der Waals surface area contributed by atoms with Crippen molar-refractivity contribution in [3.63, 3.8) is 0 Å². The van der Waals surface area contributed by atoms with Crippen LogP contribution in [0.15, 0.2) is 69.6 Å². The van der Waals surface area contributed by atoms with Gasteiger partial charge in [0, 0.05) is 24.1 Å². The van der Waals surface area contributed by atoms with Gasteiger partial charge in [-0.3, -0.25) is 0 Å². The van der Waals surface area contributed by atoms with Gasteiger partial charge in [0.2, 0.25) is 0 Å². The van der Waals surface area contributed by atoms with E-state index in [1.165, 1.54) is 42.5 Å². The van der Waals surface area contributed by atoms with E-state index in [0.29, 0.717) is 15.4 Å². The molecule has 11 heteroatoms. The smallest absolute Gasteiger partial charge is 0.422 e. The summed E-state index contributed by atoms with van der Waals surface area (Å²) in [6.07, 6.45) is -6.16. The second kappa shape index (κ2) is 11.4. The van der Waals surface area contributed by atoms with Crippen LogP contribution < -0.4 is 9.47 Å². The first kappa shape index (κ1) is 27.4. The van der Waals surface area contributed by atoms with Gasteiger partial charge >= 0.3 is 12.1 Å². The second-order valence-electron chi connectivity index (χ2n) is 8.10. The molecule has 0 saturated heterocycles. The van der Waals surface area contributed by atoms with Crippen LogP contribution in [0.3, 0.4) is 0 Å². The Morgan fingerprint density at radius 3 is 2.39 bits per heavy atom. The van der Waals surface area contributed by atoms with E-state index in [-0.39, 0.29) is 41.4 Å². The van der Waals surface area contributed by atoms with Gasteiger partial charge in [-0.25, -0.2) is 13.6 Å². The Morgan fingerprint density at radius 1 is 1.00 bits per heavy atom. The number of benzene rings is 3. The molecule has 3 aromatic carbocycles. The number of ether oxygens (including phenoxy) is 3. The minimum Gasteiger partial charge on any atom is -0.484 e. The predicted octanol–water partition coefficient (Wildman–Crippen LogP) is 7.63. The number of carbonyl (C=O) groups excluding carboxylic acids is 1. The quantitative estimate of drug-likeness (QED) is 0.146. The van der Waals surface area contributed by atoms with Gasteiger partial charge in [0.05, 0.1) is 16.5 Å². The molecule has 1 aromatic heterocycles. The fourth-order valence-electron chi connectivity index (χ4n) is 3.74. The highest BCUT2D eigenvalue weighted by Gasteiger charge is 2.30. The summed E-state index contributed by atoms with van der Waals surface area (Å²) in [5, 5.41) is 0.293. The zero-order chi connectivity index (χ0) is 27.4. The third-order valence-corrected chi connectivity index (χ3v) is 6.11. The van der Waals surface area contributed by atoms with Gasteiger partial charge in [-0.05, 0) is 58.7 Å². The van der Waals surface area contributed by atoms with Gasteiger partial charge in [0.15, 0.2) is 12.7 Å². The fourth-order valence-corrected chi connectivity index (χ4v) is 4.44. The van der Waals surface area contributed by atoms with Crippen LogP contribution in [0.2, 0.25) is 0 Å². The zero-order valence-corrected chi connectivity index (χ0v) is 21.4. The lowest BCUT2D eigenvalue weighted by atomic mass is 10.1. The lowest BCUT2D eigenvalue weighted by Crippen LogP contribution is -2.32. The van der Waals surface area contributed by atoms with Gasteiger partial charge in [0.1, 0.15) is 34.5 Å². The Labute approximate surface area is 222 Å². The number of alkyl halides is 3. The molecule has 5 nitrogen and oxygen atoms in total. The molecule has 0 spiro atoms. The van der Waals surface area contributed by atoms with Crippen LogP contribution in [-0.2, 0) is 16.0 Å². The molecule has 0 bridgehead atoms. The summed E-state index contributed by atoms with van der Waals surface area (Å²) in [5.41, 5.74) is 0.835. The van der Waals surface area contributed by atoms with Crippen LogP contribution >= 0.6 is 15.9 Å². The highest BCUT2D eigenvalue weighted by atomic mass is 79.9. The van der Waals surface area contributed by atoms with E-state index in [9.17, 15) is 26.7 Å². The van der Waals surface area contributed by atoms with Crippen molar-refractivity contribution < 1.29 is 45.4 Å². The molecule has 1 atom stereocenters. The molecule has 0 aliphatic carbocycles. The molecular weight excluding hydrogens is 579 g/mol. The molecule has 200 valence electrons. The van der Waals surface area contributed by atoms with Crippen molar-refractivity contribution >= 4 is 32.9 Å². The molecule has 0 saturated carbocycles. The third kappa shape index (κ3) is 6.45. The first-order valence-corrected chi connectivity index (χ1v) is 12.1. The molecular formula is C27H20BrF5O5. The second-order valence-corrected chi connectivity index (χ2v) is 8.90. The van der Waals surface area contributed by atoms with Crippen molar-refractivity contribution in [2.24, 2.45) is 0 Å². The summed E-state index contributed by atoms with van der Waals surface area (Å²) >= 11 is 3.43. The number of hydrogen-bond donors (Lipinski definition) is 0. The first-order chi connectivity index (χ1) is 18.1. The molecule has 0 N–H and O–H groups in total. The predicted molar refractivity (Wildman–Crippen MR) is 132 cm³/mol. The Bertz CT molecular complexity index is 1430. The van der Waals surface area contributed by atoms with E-state index in [2.05, 4.69) is 15.9 Å². The van der Waals surface area contributed by atoms with Crippen molar-refractivity contribution in [1.82, 2.24) is 0 Å². The largest absolute Gasteiger partial charge is 0.484 e. The van der Waals surface area contributed by atoms with E-state index < -0.39 is 36.5 Å². The van der Waals surface area contributed by atoms with Crippen LogP contribution in [0.4, 0.5) is 22.0 Å². The maximum Gasteiger partial charge on any atom is 0.422 e. The summed E-state index contributed by atoms with van der Waals surface area (Å²) in [5.74, 6) is -1.88. The lowest BCUT2D eigenvalue weighted by molar-refractivity contribution is -0.154. The lowest BCUT2D eigenvalue weighted by Gasteiger charge is -2.20. The molecule has 0 aliphatic rings. The topological polar surface area (TPSA) is 57.9 Å². The van der Waals surface area contributed by atoms with Gasteiger partial charge in [-0.1, -0.05) is 18.2 Å². The van der Waals surface area contributed by atoms with Crippen molar-refractivity contribution in [1.29, 1.82) is 0 Å². The highest BCUT2D eigenvalue weighted by molar-refractivity contribution is 9.10. The molecule has 0 fully saturated rings. The molecule has 1 heterocycles. The number of halogens is 6. The Hall–Kier alpha value is -3.60. The van der Waals surface area contributed by atoms with Crippen LogP contribution in [0, 0.1) is 11.6 Å². The molecule has 4 aromatic rings. The summed E-state index contributed by atoms with van der Waals surface area (Å²) in [6.45, 7) is 0.0680. The fraction of sp³-hybridized carbons (Fsp3) is 0.222. The van der Waals surface area contributed by atoms with Crippen LogP contribution in [-0.4, -0.2) is 31.5 Å². The normalized spacial score (nSPS) is 12.4. The number of para-hydroxylation sites is 1. The Morgan fingerprint density at radius 2 is 1.71 bits per heavy atom. The van der Waals surface area contributed by atoms with E-state index in [4.69, 9.17) is 18.6 Å². The molecule has 1 unspecified atom stereocenters.